The number of halogens is 3. The average Bonchev–Trinajstić information content (AvgIpc) is 3.17. The van der Waals surface area contributed by atoms with Crippen LogP contribution in [0.15, 0.2) is 28.5 Å². The zero-order valence-corrected chi connectivity index (χ0v) is 18.8. The fraction of sp³-hybridized carbons (Fsp3) is 0.474. The number of aromatic nitrogens is 1. The van der Waals surface area contributed by atoms with Gasteiger partial charge in [-0.25, -0.2) is 13.4 Å². The summed E-state index contributed by atoms with van der Waals surface area (Å²) >= 11 is 0.908. The first-order chi connectivity index (χ1) is 14.4. The summed E-state index contributed by atoms with van der Waals surface area (Å²) in [6, 6.07) is 4.16. The van der Waals surface area contributed by atoms with Gasteiger partial charge in [0.25, 0.3) is 5.91 Å². The molecule has 0 atom stereocenters. The minimum absolute atomic E-state index is 0.00746. The number of hydrogen-bond acceptors (Lipinski definition) is 7. The summed E-state index contributed by atoms with van der Waals surface area (Å²) in [6.45, 7) is 4.71. The molecule has 1 aromatic carbocycles. The van der Waals surface area contributed by atoms with E-state index in [9.17, 15) is 26.4 Å². The van der Waals surface area contributed by atoms with Gasteiger partial charge in [0.2, 0.25) is 0 Å². The van der Waals surface area contributed by atoms with Crippen molar-refractivity contribution in [2.45, 2.75) is 31.0 Å². The Bertz CT molecular complexity index is 1060. The summed E-state index contributed by atoms with van der Waals surface area (Å²) in [7, 11) is -3.52. The smallest absolute Gasteiger partial charge is 0.434 e. The van der Waals surface area contributed by atoms with Crippen molar-refractivity contribution in [2.24, 2.45) is 0 Å². The molecule has 0 unspecified atom stereocenters. The third kappa shape index (κ3) is 5.48. The maximum atomic E-state index is 13.1. The number of carbonyl (C=O) groups is 1. The Morgan fingerprint density at radius 1 is 1.19 bits per heavy atom. The van der Waals surface area contributed by atoms with Crippen LogP contribution in [0.1, 0.15) is 29.9 Å². The molecule has 1 aliphatic rings. The Morgan fingerprint density at radius 3 is 2.35 bits per heavy atom. The average molecular weight is 478 g/mol. The van der Waals surface area contributed by atoms with Crippen LogP contribution in [-0.4, -0.2) is 62.7 Å². The van der Waals surface area contributed by atoms with Crippen LogP contribution >= 0.6 is 11.3 Å². The fourth-order valence-electron chi connectivity index (χ4n) is 3.07. The first kappa shape index (κ1) is 23.3. The van der Waals surface area contributed by atoms with Gasteiger partial charge in [0.1, 0.15) is 5.75 Å². The van der Waals surface area contributed by atoms with Gasteiger partial charge in [0.15, 0.2) is 20.7 Å². The number of thiazole rings is 1. The second kappa shape index (κ2) is 8.65. The number of benzene rings is 1. The Hall–Kier alpha value is -2.34. The summed E-state index contributed by atoms with van der Waals surface area (Å²) in [4.78, 5) is 20.0. The molecule has 1 aliphatic heterocycles. The lowest BCUT2D eigenvalue weighted by atomic mass is 10.1. The van der Waals surface area contributed by atoms with Crippen molar-refractivity contribution in [1.29, 1.82) is 0 Å². The van der Waals surface area contributed by atoms with E-state index < -0.39 is 27.6 Å². The van der Waals surface area contributed by atoms with Crippen LogP contribution in [0.3, 0.4) is 0 Å². The zero-order valence-electron chi connectivity index (χ0n) is 17.1. The number of piperazine rings is 1. The normalized spacial score (nSPS) is 15.5. The quantitative estimate of drug-likeness (QED) is 0.658. The first-order valence-corrected chi connectivity index (χ1v) is 12.2. The van der Waals surface area contributed by atoms with Crippen LogP contribution in [0.5, 0.6) is 5.75 Å². The zero-order chi connectivity index (χ0) is 23.0. The molecule has 7 nitrogen and oxygen atoms in total. The highest BCUT2D eigenvalue weighted by Gasteiger charge is 2.35. The van der Waals surface area contributed by atoms with Crippen molar-refractivity contribution in [2.75, 3.05) is 37.3 Å². The van der Waals surface area contributed by atoms with Gasteiger partial charge in [0, 0.05) is 37.8 Å². The number of nitrogens with zero attached hydrogens (tertiary/aromatic N) is 3. The highest BCUT2D eigenvalue weighted by molar-refractivity contribution is 7.90. The maximum Gasteiger partial charge on any atom is 0.434 e. The topological polar surface area (TPSA) is 79.8 Å². The van der Waals surface area contributed by atoms with Gasteiger partial charge in [-0.1, -0.05) is 0 Å². The van der Waals surface area contributed by atoms with Gasteiger partial charge in [0.05, 0.1) is 16.6 Å². The van der Waals surface area contributed by atoms with Crippen molar-refractivity contribution in [3.05, 3.63) is 34.8 Å². The van der Waals surface area contributed by atoms with Crippen LogP contribution in [0, 0.1) is 0 Å². The van der Waals surface area contributed by atoms with Crippen LogP contribution in [0.2, 0.25) is 0 Å². The minimum atomic E-state index is -4.50. The second-order valence-electron chi connectivity index (χ2n) is 7.39. The molecule has 0 bridgehead atoms. The molecule has 3 rings (SSSR count). The number of ether oxygens (including phenoxy) is 1. The summed E-state index contributed by atoms with van der Waals surface area (Å²) in [5.74, 6) is -0.111. The lowest BCUT2D eigenvalue weighted by Gasteiger charge is -2.35. The number of amides is 1. The molecule has 31 heavy (non-hydrogen) atoms. The van der Waals surface area contributed by atoms with E-state index in [2.05, 4.69) is 4.98 Å². The SMILES string of the molecule is CC(C)Oc1ccc(S(C)(=O)=O)cc1C(=O)N1CCN(c2nc(C(F)(F)F)cs2)CC1. The molecule has 1 fully saturated rings. The lowest BCUT2D eigenvalue weighted by Crippen LogP contribution is -2.49. The molecule has 0 spiro atoms. The second-order valence-corrected chi connectivity index (χ2v) is 10.2. The Labute approximate surface area is 182 Å². The van der Waals surface area contributed by atoms with Crippen molar-refractivity contribution in [3.8, 4) is 5.75 Å². The first-order valence-electron chi connectivity index (χ1n) is 9.44. The van der Waals surface area contributed by atoms with E-state index in [-0.39, 0.29) is 40.5 Å². The molecule has 0 aliphatic carbocycles. The Kier molecular flexibility index (Phi) is 6.51. The molecule has 2 heterocycles. The highest BCUT2D eigenvalue weighted by atomic mass is 32.2. The van der Waals surface area contributed by atoms with E-state index in [1.807, 2.05) is 0 Å². The van der Waals surface area contributed by atoms with E-state index >= 15 is 0 Å². The van der Waals surface area contributed by atoms with Crippen LogP contribution in [0.4, 0.5) is 18.3 Å². The summed E-state index contributed by atoms with van der Waals surface area (Å²) < 4.78 is 67.9. The van der Waals surface area contributed by atoms with Crippen LogP contribution in [-0.2, 0) is 16.0 Å². The molecule has 12 heteroatoms. The summed E-state index contributed by atoms with van der Waals surface area (Å²) in [5.41, 5.74) is -0.794. The summed E-state index contributed by atoms with van der Waals surface area (Å²) in [5, 5.41) is 1.22. The van der Waals surface area contributed by atoms with E-state index in [1.54, 1.807) is 18.7 Å². The molecule has 0 radical (unpaired) electrons. The standard InChI is InChI=1S/C19H22F3N3O4S2/c1-12(2)29-15-5-4-13(31(3,27)28)10-14(15)17(26)24-6-8-25(9-7-24)18-23-16(11-30-18)19(20,21)22/h4-5,10-12H,6-9H2,1-3H3. The lowest BCUT2D eigenvalue weighted by molar-refractivity contribution is -0.140. The molecule has 1 aromatic heterocycles. The van der Waals surface area contributed by atoms with Gasteiger partial charge >= 0.3 is 6.18 Å². The summed E-state index contributed by atoms with van der Waals surface area (Å²) in [6.07, 6.45) is -3.66. The molecule has 170 valence electrons. The van der Waals surface area contributed by atoms with Gasteiger partial charge in [-0.2, -0.15) is 13.2 Å². The Balaban J connectivity index is 1.77. The van der Waals surface area contributed by atoms with E-state index in [0.29, 0.717) is 13.1 Å². The van der Waals surface area contributed by atoms with Gasteiger partial charge in [-0.05, 0) is 32.0 Å². The number of hydrogen-bond donors (Lipinski definition) is 0. The Morgan fingerprint density at radius 2 is 1.84 bits per heavy atom. The molecular weight excluding hydrogens is 455 g/mol. The van der Waals surface area contributed by atoms with E-state index in [1.165, 1.54) is 23.1 Å². The molecule has 1 saturated heterocycles. The third-order valence-corrected chi connectivity index (χ3v) is 6.60. The maximum absolute atomic E-state index is 13.1. The van der Waals surface area contributed by atoms with E-state index in [0.717, 1.165) is 23.0 Å². The van der Waals surface area contributed by atoms with Gasteiger partial charge < -0.3 is 14.5 Å². The van der Waals surface area contributed by atoms with E-state index in [4.69, 9.17) is 4.74 Å². The monoisotopic (exact) mass is 477 g/mol. The predicted molar refractivity (Wildman–Crippen MR) is 111 cm³/mol. The number of anilines is 1. The van der Waals surface area contributed by atoms with Crippen LogP contribution in [0.25, 0.3) is 0 Å². The van der Waals surface area contributed by atoms with Crippen molar-refractivity contribution < 1.29 is 31.1 Å². The van der Waals surface area contributed by atoms with Crippen molar-refractivity contribution in [1.82, 2.24) is 9.88 Å². The number of alkyl halides is 3. The molecule has 2 aromatic rings. The molecule has 0 saturated carbocycles. The predicted octanol–water partition coefficient (Wildman–Crippen LogP) is 3.32. The number of rotatable bonds is 5. The molecule has 0 N–H and O–H groups in total. The van der Waals surface area contributed by atoms with Gasteiger partial charge in [-0.3, -0.25) is 4.79 Å². The number of sulfone groups is 1. The third-order valence-electron chi connectivity index (χ3n) is 4.59. The molecular formula is C19H22F3N3O4S2. The number of carbonyl (C=O) groups excluding carboxylic acids is 1. The van der Waals surface area contributed by atoms with Gasteiger partial charge in [-0.15, -0.1) is 11.3 Å². The fourth-order valence-corrected chi connectivity index (χ4v) is 4.61. The largest absolute Gasteiger partial charge is 0.490 e. The van der Waals surface area contributed by atoms with Crippen molar-refractivity contribution >= 4 is 32.2 Å². The van der Waals surface area contributed by atoms with Crippen molar-refractivity contribution in [3.63, 3.8) is 0 Å². The highest BCUT2D eigenvalue weighted by Crippen LogP contribution is 2.33. The van der Waals surface area contributed by atoms with Crippen LogP contribution < -0.4 is 9.64 Å². The molecule has 1 amide bonds. The minimum Gasteiger partial charge on any atom is -0.490 e.